The van der Waals surface area contributed by atoms with Crippen LogP contribution in [0.1, 0.15) is 53.9 Å². The van der Waals surface area contributed by atoms with Gasteiger partial charge in [-0.25, -0.2) is 9.59 Å². The second-order valence-corrected chi connectivity index (χ2v) is 7.36. The van der Waals surface area contributed by atoms with Crippen LogP contribution in [-0.4, -0.2) is 42.5 Å². The molecule has 0 fully saturated rings. The minimum atomic E-state index is -4.45. The zero-order valence-corrected chi connectivity index (χ0v) is 16.2. The van der Waals surface area contributed by atoms with Crippen LogP contribution in [0.15, 0.2) is 5.11 Å². The zero-order valence-electron chi connectivity index (χ0n) is 16.2. The van der Waals surface area contributed by atoms with E-state index in [9.17, 15) is 22.8 Å². The lowest BCUT2D eigenvalue weighted by Gasteiger charge is -2.24. The van der Waals surface area contributed by atoms with Crippen LogP contribution in [0.5, 0.6) is 0 Å². The van der Waals surface area contributed by atoms with Gasteiger partial charge in [0.1, 0.15) is 11.6 Å². The largest absolute Gasteiger partial charge is 0.464 e. The number of alkyl halides is 3. The molecule has 0 radical (unpaired) electrons. The summed E-state index contributed by atoms with van der Waals surface area (Å²) in [5.41, 5.74) is 7.60. The van der Waals surface area contributed by atoms with E-state index in [0.29, 0.717) is 0 Å². The Balaban J connectivity index is 4.53. The van der Waals surface area contributed by atoms with Gasteiger partial charge in [0.25, 0.3) is 0 Å². The van der Waals surface area contributed by atoms with Crippen LogP contribution in [0.25, 0.3) is 10.4 Å². The van der Waals surface area contributed by atoms with Crippen molar-refractivity contribution in [3.8, 4) is 0 Å². The number of carbonyl (C=O) groups is 2. The number of halogens is 3. The summed E-state index contributed by atoms with van der Waals surface area (Å²) in [6.45, 7) is 8.27. The topological polar surface area (TPSA) is 113 Å². The standard InChI is InChI=1S/C16H27F3N4O4/c1-10(2)12(21-14(25)27-15(3,4)5)13(24)26-8-6-7-11(22-23-20)9-16(17,18)19/h10-12H,6-9H2,1-5H3,(H,21,25). The van der Waals surface area contributed by atoms with Crippen molar-refractivity contribution >= 4 is 12.1 Å². The fraction of sp³-hybridized carbons (Fsp3) is 0.875. The predicted octanol–water partition coefficient (Wildman–Crippen LogP) is 4.49. The molecule has 0 aromatic rings. The molecule has 0 aliphatic rings. The van der Waals surface area contributed by atoms with E-state index in [1.807, 2.05) is 0 Å². The summed E-state index contributed by atoms with van der Waals surface area (Å²) in [6.07, 6.45) is -6.45. The van der Waals surface area contributed by atoms with Crippen molar-refractivity contribution < 1.29 is 32.2 Å². The van der Waals surface area contributed by atoms with Gasteiger partial charge in [-0.15, -0.1) is 0 Å². The van der Waals surface area contributed by atoms with E-state index in [-0.39, 0.29) is 25.4 Å². The molecule has 2 unspecified atom stereocenters. The molecule has 0 heterocycles. The van der Waals surface area contributed by atoms with Gasteiger partial charge in [0, 0.05) is 11.0 Å². The molecule has 11 heteroatoms. The van der Waals surface area contributed by atoms with Crippen molar-refractivity contribution in [2.24, 2.45) is 11.0 Å². The molecule has 1 N–H and O–H groups in total. The Hall–Kier alpha value is -2.16. The fourth-order valence-corrected chi connectivity index (χ4v) is 2.05. The molecule has 1 amide bonds. The number of hydrogen-bond donors (Lipinski definition) is 1. The summed E-state index contributed by atoms with van der Waals surface area (Å²) in [5, 5.41) is 5.53. The number of hydrogen-bond acceptors (Lipinski definition) is 5. The summed E-state index contributed by atoms with van der Waals surface area (Å²) < 4.78 is 47.3. The Morgan fingerprint density at radius 1 is 1.22 bits per heavy atom. The first kappa shape index (κ1) is 24.8. The molecule has 0 spiro atoms. The molecule has 0 rings (SSSR count). The molecule has 0 saturated carbocycles. The maximum absolute atomic E-state index is 12.4. The number of ether oxygens (including phenoxy) is 2. The lowest BCUT2D eigenvalue weighted by molar-refractivity contribution is -0.148. The van der Waals surface area contributed by atoms with Crippen LogP contribution in [0.4, 0.5) is 18.0 Å². The number of rotatable bonds is 9. The Morgan fingerprint density at radius 3 is 2.26 bits per heavy atom. The molecule has 27 heavy (non-hydrogen) atoms. The maximum Gasteiger partial charge on any atom is 0.408 e. The van der Waals surface area contributed by atoms with Gasteiger partial charge in [0.05, 0.1) is 13.0 Å². The van der Waals surface area contributed by atoms with Gasteiger partial charge in [-0.05, 0) is 45.1 Å². The normalized spacial score (nSPS) is 14.1. The molecule has 0 aromatic carbocycles. The number of alkyl carbamates (subject to hydrolysis) is 1. The van der Waals surface area contributed by atoms with Crippen LogP contribution in [0, 0.1) is 5.92 Å². The maximum atomic E-state index is 12.4. The van der Waals surface area contributed by atoms with Crippen molar-refractivity contribution in [2.45, 2.75) is 77.7 Å². The molecule has 0 aromatic heterocycles. The Bertz CT molecular complexity index is 541. The third kappa shape index (κ3) is 12.8. The van der Waals surface area contributed by atoms with Crippen molar-refractivity contribution in [3.63, 3.8) is 0 Å². The monoisotopic (exact) mass is 396 g/mol. The van der Waals surface area contributed by atoms with E-state index in [2.05, 4.69) is 15.3 Å². The third-order valence-electron chi connectivity index (χ3n) is 3.20. The number of azide groups is 1. The van der Waals surface area contributed by atoms with Crippen molar-refractivity contribution in [3.05, 3.63) is 10.4 Å². The van der Waals surface area contributed by atoms with E-state index >= 15 is 0 Å². The van der Waals surface area contributed by atoms with Crippen LogP contribution in [-0.2, 0) is 14.3 Å². The molecule has 0 saturated heterocycles. The van der Waals surface area contributed by atoms with E-state index in [0.717, 1.165) is 0 Å². The predicted molar refractivity (Wildman–Crippen MR) is 91.8 cm³/mol. The summed E-state index contributed by atoms with van der Waals surface area (Å²) in [6, 6.07) is -2.21. The minimum absolute atomic E-state index is 0.0807. The van der Waals surface area contributed by atoms with Crippen LogP contribution >= 0.6 is 0 Å². The summed E-state index contributed by atoms with van der Waals surface area (Å²) >= 11 is 0. The number of amides is 1. The number of nitrogens with one attached hydrogen (secondary N) is 1. The molecule has 8 nitrogen and oxygen atoms in total. The minimum Gasteiger partial charge on any atom is -0.464 e. The highest BCUT2D eigenvalue weighted by Crippen LogP contribution is 2.25. The van der Waals surface area contributed by atoms with E-state index in [4.69, 9.17) is 15.0 Å². The Labute approximate surface area is 156 Å². The number of carbonyl (C=O) groups excluding carboxylic acids is 2. The summed E-state index contributed by atoms with van der Waals surface area (Å²) in [5.74, 6) is -1.00. The van der Waals surface area contributed by atoms with Crippen molar-refractivity contribution in [1.82, 2.24) is 5.32 Å². The van der Waals surface area contributed by atoms with Gasteiger partial charge in [-0.3, -0.25) is 0 Å². The molecular formula is C16H27F3N4O4. The first-order valence-corrected chi connectivity index (χ1v) is 8.52. The zero-order chi connectivity index (χ0) is 21.3. The second-order valence-electron chi connectivity index (χ2n) is 7.36. The quantitative estimate of drug-likeness (QED) is 0.203. The van der Waals surface area contributed by atoms with Gasteiger partial charge >= 0.3 is 18.2 Å². The summed E-state index contributed by atoms with van der Waals surface area (Å²) in [4.78, 5) is 26.3. The average Bonchev–Trinajstić information content (AvgIpc) is 2.45. The molecule has 156 valence electrons. The third-order valence-corrected chi connectivity index (χ3v) is 3.20. The van der Waals surface area contributed by atoms with E-state index in [1.165, 1.54) is 0 Å². The Kier molecular flexibility index (Phi) is 9.99. The van der Waals surface area contributed by atoms with E-state index in [1.54, 1.807) is 34.6 Å². The number of esters is 1. The molecular weight excluding hydrogens is 369 g/mol. The highest BCUT2D eigenvalue weighted by atomic mass is 19.4. The number of nitrogens with zero attached hydrogens (tertiary/aromatic N) is 3. The summed E-state index contributed by atoms with van der Waals surface area (Å²) in [7, 11) is 0. The van der Waals surface area contributed by atoms with Gasteiger partial charge in [-0.2, -0.15) is 13.2 Å². The van der Waals surface area contributed by atoms with E-state index < -0.39 is 42.3 Å². The van der Waals surface area contributed by atoms with Gasteiger partial charge < -0.3 is 14.8 Å². The van der Waals surface area contributed by atoms with Crippen molar-refractivity contribution in [2.75, 3.05) is 6.61 Å². The Morgan fingerprint density at radius 2 is 1.81 bits per heavy atom. The smallest absolute Gasteiger partial charge is 0.408 e. The molecule has 0 aliphatic heterocycles. The highest BCUT2D eigenvalue weighted by molar-refractivity contribution is 5.81. The first-order chi connectivity index (χ1) is 12.2. The van der Waals surface area contributed by atoms with Gasteiger partial charge in [0.2, 0.25) is 0 Å². The van der Waals surface area contributed by atoms with Gasteiger partial charge in [-0.1, -0.05) is 19.0 Å². The lowest BCUT2D eigenvalue weighted by Crippen LogP contribution is -2.47. The van der Waals surface area contributed by atoms with Gasteiger partial charge in [0.15, 0.2) is 0 Å². The van der Waals surface area contributed by atoms with Crippen LogP contribution in [0.2, 0.25) is 0 Å². The molecule has 0 bridgehead atoms. The molecule has 0 aliphatic carbocycles. The van der Waals surface area contributed by atoms with Crippen molar-refractivity contribution in [1.29, 1.82) is 0 Å². The van der Waals surface area contributed by atoms with Crippen LogP contribution in [0.3, 0.4) is 0 Å². The molecule has 2 atom stereocenters. The lowest BCUT2D eigenvalue weighted by atomic mass is 10.1. The highest BCUT2D eigenvalue weighted by Gasteiger charge is 2.31. The first-order valence-electron chi connectivity index (χ1n) is 8.52. The fourth-order valence-electron chi connectivity index (χ4n) is 2.05. The van der Waals surface area contributed by atoms with Crippen LogP contribution < -0.4 is 5.32 Å². The second kappa shape index (κ2) is 10.9. The SMILES string of the molecule is CC(C)C(NC(=O)OC(C)(C)C)C(=O)OCCCC(CC(F)(F)F)N=[N+]=[N-]. The average molecular weight is 396 g/mol.